The topological polar surface area (TPSA) is 124 Å². The molecule has 0 amide bonds. The summed E-state index contributed by atoms with van der Waals surface area (Å²) in [5.41, 5.74) is 2.86. The molecule has 0 unspecified atom stereocenters. The van der Waals surface area contributed by atoms with Gasteiger partial charge in [0.25, 0.3) is 0 Å². The van der Waals surface area contributed by atoms with E-state index in [1.54, 1.807) is 58.8 Å². The Morgan fingerprint density at radius 1 is 0.562 bits per heavy atom. The average Bonchev–Trinajstić information content (AvgIpc) is 1.92. The summed E-state index contributed by atoms with van der Waals surface area (Å²) in [6, 6.07) is 41.6. The molecule has 5 aliphatic rings. The molecule has 3 fully saturated rings. The molecule has 6 aromatic rings. The van der Waals surface area contributed by atoms with E-state index in [2.05, 4.69) is 50.4 Å². The van der Waals surface area contributed by atoms with Crippen molar-refractivity contribution in [2.75, 3.05) is 64.4 Å². The molecule has 11 rings (SSSR count). The van der Waals surface area contributed by atoms with Crippen LogP contribution in [0.2, 0.25) is 0 Å². The largest absolute Gasteiger partial charge is 0.534 e. The first-order valence-electron chi connectivity index (χ1n) is 30.2. The summed E-state index contributed by atoms with van der Waals surface area (Å²) < 4.78 is 140. The Morgan fingerprint density at radius 3 is 1.46 bits per heavy atom. The third-order valence-corrected chi connectivity index (χ3v) is 18.4. The molecular formula is C69H80BF5N2O11S. The second-order valence-electron chi connectivity index (χ2n) is 23.7. The van der Waals surface area contributed by atoms with Crippen molar-refractivity contribution in [3.63, 3.8) is 0 Å². The van der Waals surface area contributed by atoms with Crippen molar-refractivity contribution in [3.05, 3.63) is 196 Å². The highest BCUT2D eigenvalue weighted by Gasteiger charge is 2.53. The van der Waals surface area contributed by atoms with Gasteiger partial charge in [-0.05, 0) is 179 Å². The molecule has 3 saturated heterocycles. The fourth-order valence-corrected chi connectivity index (χ4v) is 12.3. The summed E-state index contributed by atoms with van der Waals surface area (Å²) in [6.07, 6.45) is 9.73. The first kappa shape index (κ1) is 66.6. The number of ether oxygens (including phenoxy) is 6. The van der Waals surface area contributed by atoms with E-state index in [9.17, 15) is 26.0 Å². The normalized spacial score (nSPS) is 17.6. The van der Waals surface area contributed by atoms with Gasteiger partial charge in [0.15, 0.2) is 12.6 Å². The monoisotopic (exact) mass is 1250 g/mol. The maximum absolute atomic E-state index is 15.5. The number of anilines is 2. The van der Waals surface area contributed by atoms with Crippen molar-refractivity contribution < 1.29 is 72.3 Å². The number of allylic oxidation sites excluding steroid dienone is 2. The molecule has 0 radical (unpaired) electrons. The van der Waals surface area contributed by atoms with Crippen LogP contribution in [0.25, 0.3) is 11.3 Å². The summed E-state index contributed by atoms with van der Waals surface area (Å²) in [5.74, 6) is 1.36. The van der Waals surface area contributed by atoms with Crippen molar-refractivity contribution >= 4 is 45.4 Å². The molecule has 0 aromatic heterocycles. The van der Waals surface area contributed by atoms with Gasteiger partial charge >= 0.3 is 22.7 Å². The smallest absolute Gasteiger partial charge is 0.489 e. The molecule has 6 aromatic carbocycles. The van der Waals surface area contributed by atoms with Crippen LogP contribution in [0, 0.1) is 23.5 Å². The zero-order valence-electron chi connectivity index (χ0n) is 51.8. The van der Waals surface area contributed by atoms with Gasteiger partial charge in [-0.2, -0.15) is 21.6 Å². The van der Waals surface area contributed by atoms with E-state index in [1.807, 2.05) is 94.4 Å². The highest BCUT2D eigenvalue weighted by atomic mass is 32.2. The summed E-state index contributed by atoms with van der Waals surface area (Å²) in [5, 5.41) is 0. The highest BCUT2D eigenvalue weighted by molar-refractivity contribution is 7.87. The Balaban J connectivity index is 0.000000162. The number of alkyl halides is 3. The minimum absolute atomic E-state index is 0.172. The van der Waals surface area contributed by atoms with E-state index in [-0.39, 0.29) is 30.0 Å². The van der Waals surface area contributed by atoms with Crippen LogP contribution in [-0.4, -0.2) is 99.4 Å². The maximum atomic E-state index is 15.5. The molecule has 89 heavy (non-hydrogen) atoms. The van der Waals surface area contributed by atoms with Crippen molar-refractivity contribution in [3.8, 4) is 11.5 Å². The molecule has 2 aliphatic carbocycles. The lowest BCUT2D eigenvalue weighted by Crippen LogP contribution is -2.41. The number of rotatable bonds is 18. The second-order valence-corrected chi connectivity index (χ2v) is 25.3. The summed E-state index contributed by atoms with van der Waals surface area (Å²) >= 11 is 0. The predicted octanol–water partition coefficient (Wildman–Crippen LogP) is 14.0. The lowest BCUT2D eigenvalue weighted by Gasteiger charge is -2.36. The average molecular weight is 1250 g/mol. The van der Waals surface area contributed by atoms with E-state index >= 15 is 4.39 Å². The zero-order valence-corrected chi connectivity index (χ0v) is 52.6. The molecule has 20 heteroatoms. The Bertz CT molecular complexity index is 3480. The molecule has 3 heterocycles. The van der Waals surface area contributed by atoms with Gasteiger partial charge in [0.1, 0.15) is 42.1 Å². The third-order valence-electron chi connectivity index (χ3n) is 17.4. The summed E-state index contributed by atoms with van der Waals surface area (Å²) in [4.78, 5) is 4.46. The number of piperidine rings is 2. The third kappa shape index (κ3) is 16.4. The Kier molecular flexibility index (Phi) is 22.1. The van der Waals surface area contributed by atoms with Gasteiger partial charge in [-0.3, -0.25) is 0 Å². The Hall–Kier alpha value is -6.78. The number of methoxy groups -OCH3 is 4. The number of aryl methyl sites for hydroxylation is 2. The van der Waals surface area contributed by atoms with Gasteiger partial charge in [-0.1, -0.05) is 78.9 Å². The number of fused-ring (bicyclic) bond motifs is 2. The molecule has 0 atom stereocenters. The predicted molar refractivity (Wildman–Crippen MR) is 336 cm³/mol. The molecule has 0 bridgehead atoms. The second kappa shape index (κ2) is 29.5. The molecular weight excluding hydrogens is 1170 g/mol. The highest BCUT2D eigenvalue weighted by Crippen LogP contribution is 2.40. The fraction of sp³-hybridized carbons (Fsp3) is 0.420. The minimum Gasteiger partial charge on any atom is -0.489 e. The van der Waals surface area contributed by atoms with Crippen LogP contribution in [0.4, 0.5) is 33.3 Å². The summed E-state index contributed by atoms with van der Waals surface area (Å²) in [7, 11) is 0.336. The minimum atomic E-state index is -5.70. The van der Waals surface area contributed by atoms with Crippen LogP contribution >= 0.6 is 0 Å². The quantitative estimate of drug-likeness (QED) is 0.0267. The van der Waals surface area contributed by atoms with Crippen LogP contribution in [0.3, 0.4) is 0 Å². The van der Waals surface area contributed by atoms with Crippen LogP contribution < -0.4 is 24.7 Å². The molecule has 0 saturated carbocycles. The number of nitrogens with zero attached hydrogens (tertiary/aromatic N) is 2. The van der Waals surface area contributed by atoms with Gasteiger partial charge < -0.3 is 51.7 Å². The van der Waals surface area contributed by atoms with Crippen molar-refractivity contribution in [2.45, 2.75) is 122 Å². The summed E-state index contributed by atoms with van der Waals surface area (Å²) in [6.45, 7) is 12.2. The molecule has 3 aliphatic heterocycles. The lowest BCUT2D eigenvalue weighted by atomic mass is 9.78. The van der Waals surface area contributed by atoms with E-state index < -0.39 is 33.9 Å². The number of hydrogen-bond acceptors (Lipinski definition) is 13. The standard InChI is InChI=1S/C31H34FNO3.C20H31BFNO4.C18H15F3O4S/c1-34-31(35-2)23-15-17-33(18-16-23)25-11-13-29(30(32)20-25)28-10-6-9-24-19-26(12-14-27(24)28)36-21-22-7-4-3-5-8-22;1-19(2)20(3,4)27-21(26-19)16-8-7-15(13-17(16)22)23-11-9-14(10-12-23)18(24-5)25-6;19-18(20,21)26(22,23)25-17-8-4-7-14-11-15(9-10-16(14)17)24-12-13-5-2-1-3-6-13/h3-5,7-8,10-14,19-20,23,31H,6,9,15-18,21H2,1-2H3;7-8,13-14,18H,9-12H2,1-6H3;1-3,5-6,8-11H,4,7,12H2. The SMILES string of the molecule is COC(OC)C1CCN(c2ccc(B3OC(C)(C)C(C)(C)O3)c(F)c2)CC1.COC(OC)C1CCN(c2ccc(C3=CCCc4cc(OCc5ccccc5)ccc43)c(F)c2)CC1.O=S(=O)(OC1=CCCc2cc(OCc3ccccc3)ccc21)C(F)(F)F. The lowest BCUT2D eigenvalue weighted by molar-refractivity contribution is -0.141. The van der Waals surface area contributed by atoms with Gasteiger partial charge in [0.2, 0.25) is 0 Å². The molecule has 13 nitrogen and oxygen atoms in total. The van der Waals surface area contributed by atoms with E-state index in [4.69, 9.17) is 37.7 Å². The molecule has 0 N–H and O–H groups in total. The molecule has 476 valence electrons. The number of hydrogen-bond donors (Lipinski definition) is 0. The van der Waals surface area contributed by atoms with Crippen molar-refractivity contribution in [1.29, 1.82) is 0 Å². The Labute approximate surface area is 520 Å². The zero-order chi connectivity index (χ0) is 63.5. The fourth-order valence-electron chi connectivity index (χ4n) is 11.8. The van der Waals surface area contributed by atoms with Crippen molar-refractivity contribution in [1.82, 2.24) is 0 Å². The van der Waals surface area contributed by atoms with E-state index in [0.717, 1.165) is 104 Å². The van der Waals surface area contributed by atoms with Crippen LogP contribution in [0.15, 0.2) is 146 Å². The van der Waals surface area contributed by atoms with Crippen molar-refractivity contribution in [2.24, 2.45) is 11.8 Å². The van der Waals surface area contributed by atoms with E-state index in [1.165, 1.54) is 17.7 Å². The maximum Gasteiger partial charge on any atom is 0.534 e. The van der Waals surface area contributed by atoms with Gasteiger partial charge in [-0.25, -0.2) is 8.78 Å². The van der Waals surface area contributed by atoms with Crippen LogP contribution in [-0.2, 0) is 68.6 Å². The first-order chi connectivity index (χ1) is 42.6. The molecule has 0 spiro atoms. The number of halogens is 5. The van der Waals surface area contributed by atoms with Crippen LogP contribution in [0.1, 0.15) is 105 Å². The van der Waals surface area contributed by atoms with Crippen LogP contribution in [0.5, 0.6) is 11.5 Å². The number of benzene rings is 6. The van der Waals surface area contributed by atoms with Gasteiger partial charge in [-0.15, -0.1) is 0 Å². The Morgan fingerprint density at radius 2 is 1.00 bits per heavy atom. The van der Waals surface area contributed by atoms with Gasteiger partial charge in [0.05, 0.1) is 11.2 Å². The van der Waals surface area contributed by atoms with Gasteiger partial charge in [0, 0.05) is 94.4 Å². The first-order valence-corrected chi connectivity index (χ1v) is 31.6. The van der Waals surface area contributed by atoms with E-state index in [0.29, 0.717) is 65.8 Å².